The summed E-state index contributed by atoms with van der Waals surface area (Å²) in [7, 11) is -4.47. The van der Waals surface area contributed by atoms with Crippen molar-refractivity contribution in [1.29, 1.82) is 0 Å². The summed E-state index contributed by atoms with van der Waals surface area (Å²) in [4.78, 5) is 8.33. The molecule has 0 aliphatic carbocycles. The maximum absolute atomic E-state index is 7.27. The highest BCUT2D eigenvalue weighted by molar-refractivity contribution is 6.75. The van der Waals surface area contributed by atoms with Crippen LogP contribution in [-0.4, -0.2) is 26.6 Å². The van der Waals surface area contributed by atoms with Crippen molar-refractivity contribution in [2.45, 2.75) is 77.8 Å². The second-order valence-corrected chi connectivity index (χ2v) is 26.2. The van der Waals surface area contributed by atoms with Gasteiger partial charge in [-0.1, -0.05) is 102 Å². The zero-order valence-corrected chi connectivity index (χ0v) is 34.4. The third kappa shape index (κ3) is 7.98. The predicted octanol–water partition coefficient (Wildman–Crippen LogP) is 13.6. The molecular formula is C46H52N2O2Si2. The minimum absolute atomic E-state index is 0.0239. The first kappa shape index (κ1) is 37.0. The topological polar surface area (TPSA) is 44.2 Å². The van der Waals surface area contributed by atoms with Gasteiger partial charge in [-0.3, -0.25) is 9.97 Å². The third-order valence-electron chi connectivity index (χ3n) is 11.0. The molecule has 266 valence electrons. The lowest BCUT2D eigenvalue weighted by molar-refractivity contribution is 0.489. The lowest BCUT2D eigenvalue weighted by atomic mass is 9.91. The molecule has 6 heteroatoms. The van der Waals surface area contributed by atoms with Gasteiger partial charge in [-0.25, -0.2) is 0 Å². The van der Waals surface area contributed by atoms with E-state index >= 15 is 0 Å². The number of hydrogen-bond acceptors (Lipinski definition) is 4. The van der Waals surface area contributed by atoms with Gasteiger partial charge in [0.25, 0.3) is 16.6 Å². The molecule has 0 aliphatic heterocycles. The summed E-state index contributed by atoms with van der Waals surface area (Å²) < 4.78 is 14.5. The van der Waals surface area contributed by atoms with Gasteiger partial charge in [0.2, 0.25) is 0 Å². The van der Waals surface area contributed by atoms with E-state index in [2.05, 4.69) is 163 Å². The lowest BCUT2D eigenvalue weighted by Crippen LogP contribution is -2.44. The van der Waals surface area contributed by atoms with Crippen LogP contribution >= 0.6 is 0 Å². The zero-order chi connectivity index (χ0) is 37.3. The third-order valence-corrected chi connectivity index (χ3v) is 19.6. The van der Waals surface area contributed by atoms with Crippen molar-refractivity contribution in [2.75, 3.05) is 0 Å². The molecule has 0 bridgehead atoms. The first-order chi connectivity index (χ1) is 24.5. The molecule has 2 aromatic heterocycles. The monoisotopic (exact) mass is 720 g/mol. The van der Waals surface area contributed by atoms with Gasteiger partial charge in [-0.2, -0.15) is 0 Å². The Hall–Kier alpha value is -4.79. The Morgan fingerprint density at radius 2 is 0.788 bits per heavy atom. The van der Waals surface area contributed by atoms with Crippen LogP contribution in [0.2, 0.25) is 36.3 Å². The fourth-order valence-corrected chi connectivity index (χ4v) is 7.79. The van der Waals surface area contributed by atoms with Gasteiger partial charge < -0.3 is 8.85 Å². The van der Waals surface area contributed by atoms with Gasteiger partial charge in [0.15, 0.2) is 0 Å². The van der Waals surface area contributed by atoms with Crippen LogP contribution < -0.4 is 8.85 Å². The van der Waals surface area contributed by atoms with Gasteiger partial charge >= 0.3 is 0 Å². The summed E-state index contributed by atoms with van der Waals surface area (Å²) in [5, 5.41) is 4.65. The summed E-state index contributed by atoms with van der Waals surface area (Å²) in [6, 6.07) is 30.4. The van der Waals surface area contributed by atoms with E-state index in [1.54, 1.807) is 0 Å². The normalized spacial score (nSPS) is 13.0. The number of fused-ring (bicyclic) bond motifs is 2. The van der Waals surface area contributed by atoms with E-state index in [-0.39, 0.29) is 10.1 Å². The molecule has 0 aliphatic rings. The van der Waals surface area contributed by atoms with Crippen molar-refractivity contribution < 1.29 is 8.85 Å². The van der Waals surface area contributed by atoms with Crippen LogP contribution in [0.1, 0.15) is 63.8 Å². The van der Waals surface area contributed by atoms with Crippen LogP contribution in [-0.2, 0) is 0 Å². The zero-order valence-electron chi connectivity index (χ0n) is 32.4. The van der Waals surface area contributed by atoms with E-state index in [0.717, 1.165) is 66.4 Å². The molecule has 4 nitrogen and oxygen atoms in total. The number of benzene rings is 4. The number of pyridine rings is 2. The van der Waals surface area contributed by atoms with E-state index in [4.69, 9.17) is 8.85 Å². The van der Waals surface area contributed by atoms with Gasteiger partial charge in [0.1, 0.15) is 11.5 Å². The van der Waals surface area contributed by atoms with E-state index in [0.29, 0.717) is 0 Å². The van der Waals surface area contributed by atoms with Crippen molar-refractivity contribution in [3.63, 3.8) is 0 Å². The van der Waals surface area contributed by atoms with E-state index < -0.39 is 16.6 Å². The molecule has 0 amide bonds. The maximum Gasteiger partial charge on any atom is 0.250 e. The Balaban J connectivity index is 1.60. The SMILES string of the molecule is CC(C)(C)[Si](C)(C)Oc1ccc2cc(/C=C/c3ccncc3)ccc2c1-c1c(O[Si](C)(C)C(C)(C)C)ccc2cc(/C=C/c3ccncc3)ccc12. The van der Waals surface area contributed by atoms with Crippen LogP contribution in [0.4, 0.5) is 0 Å². The number of hydrogen-bond donors (Lipinski definition) is 0. The Kier molecular flexibility index (Phi) is 10.2. The van der Waals surface area contributed by atoms with Crippen LogP contribution in [0.3, 0.4) is 0 Å². The minimum atomic E-state index is -2.23. The molecule has 2 heterocycles. The fourth-order valence-electron chi connectivity index (χ4n) is 5.74. The summed E-state index contributed by atoms with van der Waals surface area (Å²) in [6.45, 7) is 23.1. The molecule has 0 fully saturated rings. The van der Waals surface area contributed by atoms with Gasteiger partial charge in [0, 0.05) is 35.9 Å². The molecular weight excluding hydrogens is 669 g/mol. The average Bonchev–Trinajstić information content (AvgIpc) is 3.09. The first-order valence-electron chi connectivity index (χ1n) is 18.2. The van der Waals surface area contributed by atoms with Crippen LogP contribution in [0.5, 0.6) is 11.5 Å². The molecule has 0 spiro atoms. The summed E-state index contributed by atoms with van der Waals surface area (Å²) in [5.74, 6) is 1.82. The number of rotatable bonds is 9. The second kappa shape index (κ2) is 14.3. The number of aromatic nitrogens is 2. The highest BCUT2D eigenvalue weighted by Gasteiger charge is 2.41. The quantitative estimate of drug-likeness (QED) is 0.140. The molecule has 0 atom stereocenters. The standard InChI is InChI=1S/C46H52N2O2Si2/c1-45(2,3)51(7,8)49-41-21-17-37-31-35(13-11-33-23-27-47-28-24-33)15-19-39(37)43(41)44-40-20-16-36(14-12-34-25-29-48-30-26-34)32-38(40)18-22-42(44)50-52(9,10)46(4,5)6/h11-32H,1-10H3/b13-11+,14-12+. The Bertz CT molecular complexity index is 2100. The van der Waals surface area contributed by atoms with Crippen LogP contribution in [0, 0.1) is 0 Å². The first-order valence-corrected chi connectivity index (χ1v) is 24.0. The molecule has 52 heavy (non-hydrogen) atoms. The van der Waals surface area contributed by atoms with Crippen molar-refractivity contribution in [2.24, 2.45) is 0 Å². The van der Waals surface area contributed by atoms with Crippen molar-refractivity contribution in [3.8, 4) is 22.6 Å². The molecule has 0 N–H and O–H groups in total. The van der Waals surface area contributed by atoms with Crippen LogP contribution in [0.15, 0.2) is 110 Å². The van der Waals surface area contributed by atoms with Gasteiger partial charge in [-0.05, 0) is 129 Å². The summed E-state index contributed by atoms with van der Waals surface area (Å²) >= 11 is 0. The van der Waals surface area contributed by atoms with Gasteiger partial charge in [-0.15, -0.1) is 0 Å². The molecule has 6 aromatic rings. The van der Waals surface area contributed by atoms with Crippen LogP contribution in [0.25, 0.3) is 57.0 Å². The largest absolute Gasteiger partial charge is 0.543 e. The van der Waals surface area contributed by atoms with E-state index in [9.17, 15) is 0 Å². The second-order valence-electron chi connectivity index (χ2n) is 16.8. The Morgan fingerprint density at radius 1 is 0.442 bits per heavy atom. The minimum Gasteiger partial charge on any atom is -0.543 e. The smallest absolute Gasteiger partial charge is 0.250 e. The molecule has 0 saturated carbocycles. The Labute approximate surface area is 312 Å². The fraction of sp³-hybridized carbons (Fsp3) is 0.261. The molecule has 6 rings (SSSR count). The van der Waals surface area contributed by atoms with Crippen molar-refractivity contribution in [3.05, 3.63) is 132 Å². The van der Waals surface area contributed by atoms with Gasteiger partial charge in [0.05, 0.1) is 0 Å². The summed E-state index contributed by atoms with van der Waals surface area (Å²) in [6.07, 6.45) is 15.9. The van der Waals surface area contributed by atoms with Crippen molar-refractivity contribution in [1.82, 2.24) is 9.97 Å². The molecule has 0 unspecified atom stereocenters. The maximum atomic E-state index is 7.27. The molecule has 0 radical (unpaired) electrons. The van der Waals surface area contributed by atoms with E-state index in [1.807, 2.05) is 49.1 Å². The average molecular weight is 721 g/mol. The Morgan fingerprint density at radius 3 is 1.13 bits per heavy atom. The highest BCUT2D eigenvalue weighted by atomic mass is 28.4. The molecule has 4 aromatic carbocycles. The van der Waals surface area contributed by atoms with E-state index in [1.165, 1.54) is 0 Å². The lowest BCUT2D eigenvalue weighted by Gasteiger charge is -2.38. The molecule has 0 saturated heterocycles. The summed E-state index contributed by atoms with van der Waals surface area (Å²) in [5.41, 5.74) is 6.68. The predicted molar refractivity (Wildman–Crippen MR) is 229 cm³/mol. The van der Waals surface area contributed by atoms with Crippen molar-refractivity contribution >= 4 is 62.5 Å². The number of nitrogens with zero attached hydrogens (tertiary/aromatic N) is 2. The highest BCUT2D eigenvalue weighted by Crippen LogP contribution is 2.50.